The molecule has 2 rings (SSSR count). The molecule has 3 nitrogen and oxygen atoms in total. The maximum Gasteiger partial charge on any atom is 0.0624 e. The summed E-state index contributed by atoms with van der Waals surface area (Å²) < 4.78 is 5.42. The number of nitrogens with two attached hydrogens (primary N) is 1. The number of nitrogens with one attached hydrogen (secondary N) is 1. The highest BCUT2D eigenvalue weighted by Crippen LogP contribution is 2.51. The molecule has 2 fully saturated rings. The summed E-state index contributed by atoms with van der Waals surface area (Å²) in [6.45, 7) is 10.5. The minimum absolute atomic E-state index is 0.138. The molecule has 1 aliphatic heterocycles. The van der Waals surface area contributed by atoms with Crippen LogP contribution in [0.3, 0.4) is 0 Å². The molecule has 0 radical (unpaired) electrons. The van der Waals surface area contributed by atoms with Gasteiger partial charge in [0.2, 0.25) is 0 Å². The van der Waals surface area contributed by atoms with Crippen molar-refractivity contribution in [2.24, 2.45) is 22.5 Å². The van der Waals surface area contributed by atoms with Crippen LogP contribution in [0.4, 0.5) is 0 Å². The molecule has 15 heavy (non-hydrogen) atoms. The van der Waals surface area contributed by atoms with Crippen molar-refractivity contribution in [1.82, 2.24) is 5.32 Å². The first-order chi connectivity index (χ1) is 6.94. The second-order valence-electron chi connectivity index (χ2n) is 6.30. The second kappa shape index (κ2) is 3.72. The van der Waals surface area contributed by atoms with Gasteiger partial charge in [0, 0.05) is 18.0 Å². The highest BCUT2D eigenvalue weighted by molar-refractivity contribution is 4.97. The van der Waals surface area contributed by atoms with E-state index in [0.717, 1.165) is 25.6 Å². The normalized spacial score (nSPS) is 43.2. The third kappa shape index (κ3) is 2.35. The van der Waals surface area contributed by atoms with E-state index in [-0.39, 0.29) is 11.5 Å². The molecule has 1 aliphatic carbocycles. The van der Waals surface area contributed by atoms with E-state index >= 15 is 0 Å². The highest BCUT2D eigenvalue weighted by Gasteiger charge is 2.45. The van der Waals surface area contributed by atoms with Crippen molar-refractivity contribution < 1.29 is 4.74 Å². The SMILES string of the molecule is CC1(C)CC1CNCC1(C)COCC1N. The Balaban J connectivity index is 1.70. The van der Waals surface area contributed by atoms with Crippen molar-refractivity contribution in [1.29, 1.82) is 0 Å². The fourth-order valence-corrected chi connectivity index (χ4v) is 2.37. The Morgan fingerprint density at radius 3 is 2.53 bits per heavy atom. The first-order valence-electron chi connectivity index (χ1n) is 5.98. The quantitative estimate of drug-likeness (QED) is 0.730. The highest BCUT2D eigenvalue weighted by atomic mass is 16.5. The van der Waals surface area contributed by atoms with Gasteiger partial charge in [-0.05, 0) is 24.3 Å². The first kappa shape index (κ1) is 11.4. The predicted molar refractivity (Wildman–Crippen MR) is 61.7 cm³/mol. The molecular weight excluding hydrogens is 188 g/mol. The lowest BCUT2D eigenvalue weighted by Gasteiger charge is -2.27. The smallest absolute Gasteiger partial charge is 0.0624 e. The van der Waals surface area contributed by atoms with E-state index in [0.29, 0.717) is 12.0 Å². The van der Waals surface area contributed by atoms with E-state index in [1.165, 1.54) is 6.42 Å². The predicted octanol–water partition coefficient (Wildman–Crippen LogP) is 0.986. The van der Waals surface area contributed by atoms with Gasteiger partial charge in [-0.15, -0.1) is 0 Å². The summed E-state index contributed by atoms with van der Waals surface area (Å²) >= 11 is 0. The van der Waals surface area contributed by atoms with Gasteiger partial charge in [0.15, 0.2) is 0 Å². The lowest BCUT2D eigenvalue weighted by Crippen LogP contribution is -2.45. The van der Waals surface area contributed by atoms with Gasteiger partial charge in [-0.1, -0.05) is 20.8 Å². The summed E-state index contributed by atoms with van der Waals surface area (Å²) in [6, 6.07) is 0.192. The van der Waals surface area contributed by atoms with Crippen LogP contribution in [0.5, 0.6) is 0 Å². The Labute approximate surface area is 92.7 Å². The summed E-state index contributed by atoms with van der Waals surface area (Å²) in [4.78, 5) is 0. The summed E-state index contributed by atoms with van der Waals surface area (Å²) in [5.41, 5.74) is 6.74. The molecule has 0 aromatic rings. The molecule has 2 aliphatic rings. The molecule has 3 heteroatoms. The van der Waals surface area contributed by atoms with Crippen LogP contribution in [-0.4, -0.2) is 32.3 Å². The minimum Gasteiger partial charge on any atom is -0.379 e. The number of rotatable bonds is 4. The van der Waals surface area contributed by atoms with E-state index < -0.39 is 0 Å². The molecule has 3 atom stereocenters. The molecule has 1 saturated carbocycles. The van der Waals surface area contributed by atoms with Crippen molar-refractivity contribution in [3.05, 3.63) is 0 Å². The van der Waals surface area contributed by atoms with Crippen molar-refractivity contribution in [3.8, 4) is 0 Å². The van der Waals surface area contributed by atoms with E-state index in [1.807, 2.05) is 0 Å². The average molecular weight is 212 g/mol. The van der Waals surface area contributed by atoms with Gasteiger partial charge in [-0.25, -0.2) is 0 Å². The van der Waals surface area contributed by atoms with Gasteiger partial charge in [-0.2, -0.15) is 0 Å². The fraction of sp³-hybridized carbons (Fsp3) is 1.00. The van der Waals surface area contributed by atoms with Gasteiger partial charge in [-0.3, -0.25) is 0 Å². The number of hydrogen-bond acceptors (Lipinski definition) is 3. The molecule has 3 unspecified atom stereocenters. The molecule has 0 spiro atoms. The zero-order valence-electron chi connectivity index (χ0n) is 10.2. The molecule has 3 N–H and O–H groups in total. The van der Waals surface area contributed by atoms with E-state index in [1.54, 1.807) is 0 Å². The first-order valence-corrected chi connectivity index (χ1v) is 5.98. The van der Waals surface area contributed by atoms with Crippen LogP contribution in [0.2, 0.25) is 0 Å². The number of ether oxygens (including phenoxy) is 1. The number of hydrogen-bond donors (Lipinski definition) is 2. The summed E-state index contributed by atoms with van der Waals surface area (Å²) in [5.74, 6) is 0.861. The third-order valence-electron chi connectivity index (χ3n) is 4.26. The monoisotopic (exact) mass is 212 g/mol. The van der Waals surface area contributed by atoms with E-state index in [9.17, 15) is 0 Å². The Kier molecular flexibility index (Phi) is 2.82. The van der Waals surface area contributed by atoms with Gasteiger partial charge in [0.05, 0.1) is 13.2 Å². The average Bonchev–Trinajstić information content (AvgIpc) is 2.59. The molecule has 0 bridgehead atoms. The van der Waals surface area contributed by atoms with Gasteiger partial charge in [0.1, 0.15) is 0 Å². The topological polar surface area (TPSA) is 47.3 Å². The molecule has 1 heterocycles. The summed E-state index contributed by atoms with van der Waals surface area (Å²) in [5, 5.41) is 3.56. The van der Waals surface area contributed by atoms with Crippen molar-refractivity contribution >= 4 is 0 Å². The fourth-order valence-electron chi connectivity index (χ4n) is 2.37. The van der Waals surface area contributed by atoms with E-state index in [2.05, 4.69) is 26.1 Å². The van der Waals surface area contributed by atoms with Crippen LogP contribution >= 0.6 is 0 Å². The zero-order valence-corrected chi connectivity index (χ0v) is 10.2. The van der Waals surface area contributed by atoms with Crippen molar-refractivity contribution in [3.63, 3.8) is 0 Å². The van der Waals surface area contributed by atoms with Crippen LogP contribution in [0.25, 0.3) is 0 Å². The molecular formula is C12H24N2O. The van der Waals surface area contributed by atoms with E-state index in [4.69, 9.17) is 10.5 Å². The van der Waals surface area contributed by atoms with Crippen LogP contribution < -0.4 is 11.1 Å². The van der Waals surface area contributed by atoms with Crippen LogP contribution in [0.15, 0.2) is 0 Å². The molecule has 1 saturated heterocycles. The Hall–Kier alpha value is -0.120. The van der Waals surface area contributed by atoms with Gasteiger partial charge >= 0.3 is 0 Å². The largest absolute Gasteiger partial charge is 0.379 e. The standard InChI is InChI=1S/C12H24N2O/c1-11(2)4-9(11)5-14-7-12(3)8-15-6-10(12)13/h9-10,14H,4-8,13H2,1-3H3. The Morgan fingerprint density at radius 1 is 1.40 bits per heavy atom. The summed E-state index contributed by atoms with van der Waals surface area (Å²) in [7, 11) is 0. The molecule has 88 valence electrons. The van der Waals surface area contributed by atoms with Crippen LogP contribution in [0, 0.1) is 16.7 Å². The lowest BCUT2D eigenvalue weighted by atomic mass is 9.86. The Morgan fingerprint density at radius 2 is 2.07 bits per heavy atom. The molecule has 0 amide bonds. The lowest BCUT2D eigenvalue weighted by molar-refractivity contribution is 0.158. The third-order valence-corrected chi connectivity index (χ3v) is 4.26. The van der Waals surface area contributed by atoms with Crippen molar-refractivity contribution in [2.75, 3.05) is 26.3 Å². The Bertz CT molecular complexity index is 242. The zero-order chi connectivity index (χ0) is 11.1. The van der Waals surface area contributed by atoms with Gasteiger partial charge < -0.3 is 15.8 Å². The second-order valence-corrected chi connectivity index (χ2v) is 6.30. The van der Waals surface area contributed by atoms with Crippen LogP contribution in [0.1, 0.15) is 27.2 Å². The molecule has 0 aromatic heterocycles. The maximum atomic E-state index is 6.03. The van der Waals surface area contributed by atoms with Gasteiger partial charge in [0.25, 0.3) is 0 Å². The minimum atomic E-state index is 0.138. The van der Waals surface area contributed by atoms with Crippen LogP contribution in [-0.2, 0) is 4.74 Å². The summed E-state index contributed by atoms with van der Waals surface area (Å²) in [6.07, 6.45) is 1.36. The van der Waals surface area contributed by atoms with Crippen molar-refractivity contribution in [2.45, 2.75) is 33.2 Å². The maximum absolute atomic E-state index is 6.03. The molecule has 0 aromatic carbocycles.